The third kappa shape index (κ3) is 6.07. The number of pyridine rings is 1. The molecule has 4 aromatic rings. The number of likely N-dealkylation sites (tertiary alicyclic amines) is 1. The van der Waals surface area contributed by atoms with E-state index in [2.05, 4.69) is 20.5 Å². The summed E-state index contributed by atoms with van der Waals surface area (Å²) >= 11 is 0. The molecule has 2 aromatic heterocycles. The molecular weight excluding hydrogens is 468 g/mol. The fourth-order valence-electron chi connectivity index (χ4n) is 4.18. The fraction of sp³-hybridized carbons (Fsp3) is 0.250. The van der Waals surface area contributed by atoms with E-state index >= 15 is 0 Å². The Bertz CT molecular complexity index is 1390. The lowest BCUT2D eigenvalue weighted by Crippen LogP contribution is -2.29. The molecule has 1 fully saturated rings. The second-order valence-electron chi connectivity index (χ2n) is 9.16. The van der Waals surface area contributed by atoms with Gasteiger partial charge < -0.3 is 24.6 Å². The molecule has 2 N–H and O–H groups in total. The summed E-state index contributed by atoms with van der Waals surface area (Å²) in [6.45, 7) is 1.89. The minimum atomic E-state index is -0.145. The first kappa shape index (κ1) is 24.3. The van der Waals surface area contributed by atoms with Gasteiger partial charge in [0.25, 0.3) is 0 Å². The number of H-pyrrole nitrogens is 1. The van der Waals surface area contributed by atoms with Crippen molar-refractivity contribution in [2.75, 3.05) is 39.0 Å². The smallest absolute Gasteiger partial charge is 0.246 e. The molecule has 0 bridgehead atoms. The summed E-state index contributed by atoms with van der Waals surface area (Å²) in [5, 5.41) is 11.5. The maximum absolute atomic E-state index is 12.5. The lowest BCUT2D eigenvalue weighted by molar-refractivity contribution is -0.125. The van der Waals surface area contributed by atoms with Gasteiger partial charge in [0.2, 0.25) is 11.8 Å². The van der Waals surface area contributed by atoms with Gasteiger partial charge in [0.1, 0.15) is 23.0 Å². The molecule has 2 aromatic carbocycles. The number of aromatic amines is 1. The van der Waals surface area contributed by atoms with Gasteiger partial charge >= 0.3 is 0 Å². The highest BCUT2D eigenvalue weighted by molar-refractivity contribution is 5.95. The number of para-hydroxylation sites is 1. The zero-order chi connectivity index (χ0) is 25.6. The summed E-state index contributed by atoms with van der Waals surface area (Å²) in [4.78, 5) is 20.7. The van der Waals surface area contributed by atoms with Crippen molar-refractivity contribution in [2.24, 2.45) is 0 Å². The first-order chi connectivity index (χ1) is 18.0. The number of ether oxygens (including phenoxy) is 2. The van der Waals surface area contributed by atoms with Crippen LogP contribution in [-0.4, -0.2) is 70.7 Å². The largest absolute Gasteiger partial charge is 0.471 e. The maximum atomic E-state index is 12.5. The zero-order valence-corrected chi connectivity index (χ0v) is 20.9. The molecule has 0 spiro atoms. The molecule has 9 nitrogen and oxygen atoms in total. The summed E-state index contributed by atoms with van der Waals surface area (Å²) in [5.74, 6) is 1.96. The van der Waals surface area contributed by atoms with E-state index in [4.69, 9.17) is 9.47 Å². The van der Waals surface area contributed by atoms with Crippen LogP contribution in [0.3, 0.4) is 0 Å². The van der Waals surface area contributed by atoms with E-state index in [1.807, 2.05) is 85.7 Å². The molecule has 1 amide bonds. The van der Waals surface area contributed by atoms with Gasteiger partial charge in [-0.3, -0.25) is 9.89 Å². The number of hydrogen-bond acceptors (Lipinski definition) is 7. The van der Waals surface area contributed by atoms with E-state index in [0.29, 0.717) is 24.6 Å². The molecule has 0 unspecified atom stereocenters. The van der Waals surface area contributed by atoms with Gasteiger partial charge in [-0.15, -0.1) is 5.10 Å². The Morgan fingerprint density at radius 1 is 1.16 bits per heavy atom. The number of benzene rings is 2. The van der Waals surface area contributed by atoms with Crippen molar-refractivity contribution in [3.05, 3.63) is 79.0 Å². The van der Waals surface area contributed by atoms with Crippen LogP contribution in [0.15, 0.2) is 79.0 Å². The van der Waals surface area contributed by atoms with Crippen molar-refractivity contribution in [3.63, 3.8) is 0 Å². The van der Waals surface area contributed by atoms with E-state index in [-0.39, 0.29) is 12.0 Å². The Kier molecular flexibility index (Phi) is 7.32. The van der Waals surface area contributed by atoms with Gasteiger partial charge in [-0.1, -0.05) is 30.3 Å². The Hall–Kier alpha value is -4.37. The summed E-state index contributed by atoms with van der Waals surface area (Å²) in [6.07, 6.45) is 5.82. The number of hydrogen-bond donors (Lipinski definition) is 2. The van der Waals surface area contributed by atoms with Gasteiger partial charge in [-0.2, -0.15) is 0 Å². The number of aromatic nitrogens is 3. The van der Waals surface area contributed by atoms with Crippen LogP contribution >= 0.6 is 0 Å². The molecule has 0 aliphatic carbocycles. The topological polar surface area (TPSA) is 95.6 Å². The van der Waals surface area contributed by atoms with Crippen molar-refractivity contribution in [1.29, 1.82) is 0 Å². The van der Waals surface area contributed by atoms with Gasteiger partial charge in [0, 0.05) is 43.5 Å². The molecule has 1 aliphatic heterocycles. The maximum Gasteiger partial charge on any atom is 0.246 e. The number of likely N-dealkylation sites (N-methyl/N-ethyl adjacent to an activating group) is 1. The third-order valence-electron chi connectivity index (χ3n) is 5.99. The number of nitrogens with one attached hydrogen (secondary N) is 2. The quantitative estimate of drug-likeness (QED) is 0.326. The van der Waals surface area contributed by atoms with Crippen molar-refractivity contribution in [3.8, 4) is 17.4 Å². The minimum Gasteiger partial charge on any atom is -0.471 e. The monoisotopic (exact) mass is 498 g/mol. The first-order valence-corrected chi connectivity index (χ1v) is 12.2. The molecular formula is C28H30N6O3. The van der Waals surface area contributed by atoms with Crippen LogP contribution in [0.4, 0.5) is 11.4 Å². The molecule has 5 rings (SSSR count). The lowest BCUT2D eigenvalue weighted by atomic mass is 10.2. The standard InChI is InChI=1S/C28H30N6O3/c1-33(2)16-7-12-25(35)34-17-14-23(19-34)37-28-26-24(13-15-29-27(26)31-32-28)30-20-8-6-11-22(18-20)36-21-9-4-3-5-10-21/h3-13,15,18,23H,14,16-17,19H2,1-2H3,(H2,29,30,31,32)/t23-/m1/s1. The van der Waals surface area contributed by atoms with E-state index in [1.165, 1.54) is 0 Å². The van der Waals surface area contributed by atoms with Crippen LogP contribution in [0.5, 0.6) is 17.4 Å². The molecule has 1 saturated heterocycles. The lowest BCUT2D eigenvalue weighted by Gasteiger charge is -2.15. The highest BCUT2D eigenvalue weighted by atomic mass is 16.5. The van der Waals surface area contributed by atoms with Crippen LogP contribution in [0.25, 0.3) is 11.0 Å². The molecule has 1 aliphatic rings. The second-order valence-corrected chi connectivity index (χ2v) is 9.16. The fourth-order valence-corrected chi connectivity index (χ4v) is 4.18. The molecule has 3 heterocycles. The van der Waals surface area contributed by atoms with Crippen LogP contribution in [0, 0.1) is 0 Å². The van der Waals surface area contributed by atoms with Crippen molar-refractivity contribution >= 4 is 28.3 Å². The van der Waals surface area contributed by atoms with E-state index in [9.17, 15) is 4.79 Å². The predicted molar refractivity (Wildman–Crippen MR) is 143 cm³/mol. The van der Waals surface area contributed by atoms with Crippen LogP contribution in [0.1, 0.15) is 6.42 Å². The molecule has 1 atom stereocenters. The first-order valence-electron chi connectivity index (χ1n) is 12.2. The SMILES string of the molecule is CN(C)CC=CC(=O)N1CC[C@@H](Oc2n[nH]c3nccc(Nc4cccc(Oc5ccccc5)c4)c23)C1. The molecule has 0 saturated carbocycles. The average Bonchev–Trinajstić information content (AvgIpc) is 3.53. The summed E-state index contributed by atoms with van der Waals surface area (Å²) < 4.78 is 12.2. The van der Waals surface area contributed by atoms with Gasteiger partial charge in [-0.25, -0.2) is 4.98 Å². The Morgan fingerprint density at radius 2 is 2.00 bits per heavy atom. The van der Waals surface area contributed by atoms with Crippen molar-refractivity contribution < 1.29 is 14.3 Å². The summed E-state index contributed by atoms with van der Waals surface area (Å²) in [7, 11) is 3.94. The van der Waals surface area contributed by atoms with Crippen LogP contribution < -0.4 is 14.8 Å². The summed E-state index contributed by atoms with van der Waals surface area (Å²) in [6, 6.07) is 19.3. The van der Waals surface area contributed by atoms with Gasteiger partial charge in [0.05, 0.1) is 12.2 Å². The Morgan fingerprint density at radius 3 is 2.84 bits per heavy atom. The second kappa shape index (κ2) is 11.1. The number of anilines is 2. The Labute approximate surface area is 215 Å². The Balaban J connectivity index is 1.29. The highest BCUT2D eigenvalue weighted by Gasteiger charge is 2.28. The van der Waals surface area contributed by atoms with E-state index in [1.54, 1.807) is 17.2 Å². The number of rotatable bonds is 9. The number of carbonyl (C=O) groups is 1. The number of nitrogens with zero attached hydrogens (tertiary/aromatic N) is 4. The van der Waals surface area contributed by atoms with Gasteiger partial charge in [-0.05, 0) is 44.4 Å². The average molecular weight is 499 g/mol. The van der Waals surface area contributed by atoms with E-state index in [0.717, 1.165) is 41.2 Å². The van der Waals surface area contributed by atoms with E-state index < -0.39 is 0 Å². The number of fused-ring (bicyclic) bond motifs is 1. The number of carbonyl (C=O) groups excluding carboxylic acids is 1. The zero-order valence-electron chi connectivity index (χ0n) is 20.9. The van der Waals surface area contributed by atoms with Gasteiger partial charge in [0.15, 0.2) is 5.65 Å². The van der Waals surface area contributed by atoms with Crippen LogP contribution in [-0.2, 0) is 4.79 Å². The minimum absolute atomic E-state index is 0.00135. The molecule has 0 radical (unpaired) electrons. The predicted octanol–water partition coefficient (Wildman–Crippen LogP) is 4.59. The normalized spacial score (nSPS) is 15.5. The van der Waals surface area contributed by atoms with Crippen molar-refractivity contribution in [2.45, 2.75) is 12.5 Å². The number of amides is 1. The summed E-state index contributed by atoms with van der Waals surface area (Å²) in [5.41, 5.74) is 2.28. The molecule has 9 heteroatoms. The molecule has 37 heavy (non-hydrogen) atoms. The highest BCUT2D eigenvalue weighted by Crippen LogP contribution is 2.33. The van der Waals surface area contributed by atoms with Crippen molar-refractivity contribution in [1.82, 2.24) is 25.0 Å². The molecule has 190 valence electrons. The third-order valence-corrected chi connectivity index (χ3v) is 5.99. The van der Waals surface area contributed by atoms with Crippen LogP contribution in [0.2, 0.25) is 0 Å².